The van der Waals surface area contributed by atoms with Crippen LogP contribution in [0.15, 0.2) is 24.3 Å². The number of hydrogen-bond donors (Lipinski definition) is 1. The maximum atomic E-state index is 12.2. The lowest BCUT2D eigenvalue weighted by atomic mass is 10.2. The molecule has 1 aromatic rings. The van der Waals surface area contributed by atoms with Crippen LogP contribution in [-0.4, -0.2) is 56.8 Å². The average Bonchev–Trinajstić information content (AvgIpc) is 2.90. The van der Waals surface area contributed by atoms with Crippen LogP contribution < -0.4 is 14.8 Å². The number of urea groups is 1. The van der Waals surface area contributed by atoms with E-state index in [9.17, 15) is 13.2 Å². The third-order valence-corrected chi connectivity index (χ3v) is 5.60. The van der Waals surface area contributed by atoms with Crippen molar-refractivity contribution in [3.05, 3.63) is 24.3 Å². The van der Waals surface area contributed by atoms with Crippen molar-refractivity contribution >= 4 is 15.9 Å². The summed E-state index contributed by atoms with van der Waals surface area (Å²) in [5, 5.41) is 2.66. The summed E-state index contributed by atoms with van der Waals surface area (Å²) in [6, 6.07) is 6.54. The zero-order valence-corrected chi connectivity index (χ0v) is 14.8. The minimum absolute atomic E-state index is 0.0167. The van der Waals surface area contributed by atoms with Crippen LogP contribution in [0.4, 0.5) is 4.79 Å². The highest BCUT2D eigenvalue weighted by Crippen LogP contribution is 2.18. The molecule has 134 valence electrons. The lowest BCUT2D eigenvalue weighted by Crippen LogP contribution is -2.47. The van der Waals surface area contributed by atoms with Gasteiger partial charge in [0.2, 0.25) is 0 Å². The molecular formula is C16H24N2O5S. The monoisotopic (exact) mass is 356 g/mol. The summed E-state index contributed by atoms with van der Waals surface area (Å²) in [5.41, 5.74) is 0. The van der Waals surface area contributed by atoms with E-state index < -0.39 is 9.84 Å². The summed E-state index contributed by atoms with van der Waals surface area (Å²) < 4.78 is 33.9. The minimum Gasteiger partial charge on any atom is -0.494 e. The molecule has 0 radical (unpaired) electrons. The van der Waals surface area contributed by atoms with E-state index in [0.717, 1.165) is 5.75 Å². The van der Waals surface area contributed by atoms with Crippen molar-refractivity contribution in [1.82, 2.24) is 10.2 Å². The molecular weight excluding hydrogens is 332 g/mol. The van der Waals surface area contributed by atoms with Crippen LogP contribution >= 0.6 is 0 Å². The fraction of sp³-hybridized carbons (Fsp3) is 0.562. The number of benzene rings is 1. The lowest BCUT2D eigenvalue weighted by Gasteiger charge is -2.26. The van der Waals surface area contributed by atoms with Crippen LogP contribution in [0.2, 0.25) is 0 Å². The topological polar surface area (TPSA) is 84.9 Å². The average molecular weight is 356 g/mol. The largest absolute Gasteiger partial charge is 0.494 e. The Morgan fingerprint density at radius 2 is 1.83 bits per heavy atom. The van der Waals surface area contributed by atoms with E-state index in [4.69, 9.17) is 9.47 Å². The summed E-state index contributed by atoms with van der Waals surface area (Å²) >= 11 is 0. The molecule has 1 saturated heterocycles. The summed E-state index contributed by atoms with van der Waals surface area (Å²) in [7, 11) is -3.02. The number of carbonyl (C=O) groups is 1. The smallest absolute Gasteiger partial charge is 0.320 e. The first kappa shape index (κ1) is 18.4. The molecule has 2 amide bonds. The Labute approximate surface area is 142 Å². The Kier molecular flexibility index (Phi) is 6.30. The SMILES string of the molecule is CCOc1ccc(OCNC(=O)N(CC)C2CCS(=O)(=O)C2)cc1. The van der Waals surface area contributed by atoms with E-state index in [2.05, 4.69) is 5.32 Å². The van der Waals surface area contributed by atoms with E-state index in [1.165, 1.54) is 0 Å². The summed E-state index contributed by atoms with van der Waals surface area (Å²) in [6.45, 7) is 4.81. The van der Waals surface area contributed by atoms with E-state index in [1.54, 1.807) is 29.2 Å². The van der Waals surface area contributed by atoms with Crippen molar-refractivity contribution in [2.24, 2.45) is 0 Å². The maximum absolute atomic E-state index is 12.2. The standard InChI is InChI=1S/C16H24N2O5S/c1-3-18(13-9-10-24(20,21)11-13)16(19)17-12-23-15-7-5-14(6-8-15)22-4-2/h5-8,13H,3-4,9-12H2,1-2H3,(H,17,19). The Morgan fingerprint density at radius 3 is 2.33 bits per heavy atom. The molecule has 1 aromatic carbocycles. The number of sulfone groups is 1. The first-order valence-corrected chi connectivity index (χ1v) is 9.88. The van der Waals surface area contributed by atoms with Gasteiger partial charge in [0.25, 0.3) is 0 Å². The molecule has 2 rings (SSSR count). The van der Waals surface area contributed by atoms with E-state index in [-0.39, 0.29) is 30.3 Å². The second-order valence-electron chi connectivity index (χ2n) is 5.52. The molecule has 0 bridgehead atoms. The minimum atomic E-state index is -3.02. The zero-order valence-electron chi connectivity index (χ0n) is 14.0. The molecule has 0 aliphatic carbocycles. The highest BCUT2D eigenvalue weighted by atomic mass is 32.2. The molecule has 1 unspecified atom stereocenters. The van der Waals surface area contributed by atoms with Gasteiger partial charge in [0.15, 0.2) is 16.6 Å². The van der Waals surface area contributed by atoms with Crippen molar-refractivity contribution in [1.29, 1.82) is 0 Å². The van der Waals surface area contributed by atoms with Gasteiger partial charge in [0.05, 0.1) is 18.1 Å². The predicted molar refractivity (Wildman–Crippen MR) is 91.1 cm³/mol. The van der Waals surface area contributed by atoms with E-state index >= 15 is 0 Å². The van der Waals surface area contributed by atoms with Crippen LogP contribution in [0.25, 0.3) is 0 Å². The first-order valence-electron chi connectivity index (χ1n) is 8.05. The molecule has 0 aromatic heterocycles. The molecule has 1 fully saturated rings. The Morgan fingerprint density at radius 1 is 1.21 bits per heavy atom. The van der Waals surface area contributed by atoms with Gasteiger partial charge in [0, 0.05) is 12.6 Å². The third-order valence-electron chi connectivity index (χ3n) is 3.85. The molecule has 1 aliphatic rings. The predicted octanol–water partition coefficient (Wildman–Crippen LogP) is 1.64. The molecule has 0 spiro atoms. The normalized spacial score (nSPS) is 18.8. The maximum Gasteiger partial charge on any atom is 0.320 e. The molecule has 1 atom stereocenters. The number of nitrogens with one attached hydrogen (secondary N) is 1. The molecule has 1 N–H and O–H groups in total. The summed E-state index contributed by atoms with van der Waals surface area (Å²) in [6.07, 6.45) is 0.489. The van der Waals surface area contributed by atoms with Gasteiger partial charge in [-0.3, -0.25) is 0 Å². The van der Waals surface area contributed by atoms with Gasteiger partial charge in [-0.2, -0.15) is 0 Å². The second kappa shape index (κ2) is 8.23. The van der Waals surface area contributed by atoms with Crippen molar-refractivity contribution in [2.45, 2.75) is 26.3 Å². The fourth-order valence-electron chi connectivity index (χ4n) is 2.67. The number of amides is 2. The number of carbonyl (C=O) groups excluding carboxylic acids is 1. The highest BCUT2D eigenvalue weighted by molar-refractivity contribution is 7.91. The van der Waals surface area contributed by atoms with Gasteiger partial charge in [-0.1, -0.05) is 0 Å². The van der Waals surface area contributed by atoms with E-state index in [1.807, 2.05) is 13.8 Å². The van der Waals surface area contributed by atoms with Crippen molar-refractivity contribution in [3.63, 3.8) is 0 Å². The summed E-state index contributed by atoms with van der Waals surface area (Å²) in [4.78, 5) is 13.8. The van der Waals surface area contributed by atoms with Crippen molar-refractivity contribution < 1.29 is 22.7 Å². The highest BCUT2D eigenvalue weighted by Gasteiger charge is 2.33. The number of nitrogens with zero attached hydrogens (tertiary/aromatic N) is 1. The molecule has 7 nitrogen and oxygen atoms in total. The van der Waals surface area contributed by atoms with Crippen LogP contribution in [-0.2, 0) is 9.84 Å². The van der Waals surface area contributed by atoms with E-state index in [0.29, 0.717) is 25.3 Å². The number of rotatable bonds is 7. The molecule has 1 aliphatic heterocycles. The Hall–Kier alpha value is -1.96. The van der Waals surface area contributed by atoms with Gasteiger partial charge in [-0.15, -0.1) is 0 Å². The second-order valence-corrected chi connectivity index (χ2v) is 7.75. The quantitative estimate of drug-likeness (QED) is 0.751. The molecule has 0 saturated carbocycles. The van der Waals surface area contributed by atoms with Crippen LogP contribution in [0.1, 0.15) is 20.3 Å². The summed E-state index contributed by atoms with van der Waals surface area (Å²) in [5.74, 6) is 1.55. The number of hydrogen-bond acceptors (Lipinski definition) is 5. The van der Waals surface area contributed by atoms with Gasteiger partial charge in [-0.25, -0.2) is 13.2 Å². The third kappa shape index (κ3) is 5.02. The zero-order chi connectivity index (χ0) is 17.6. The van der Waals surface area contributed by atoms with Gasteiger partial charge < -0.3 is 19.7 Å². The molecule has 24 heavy (non-hydrogen) atoms. The van der Waals surface area contributed by atoms with Crippen molar-refractivity contribution in [2.75, 3.05) is 31.4 Å². The van der Waals surface area contributed by atoms with Crippen LogP contribution in [0, 0.1) is 0 Å². The lowest BCUT2D eigenvalue weighted by molar-refractivity contribution is 0.172. The van der Waals surface area contributed by atoms with Crippen LogP contribution in [0.3, 0.4) is 0 Å². The number of ether oxygens (including phenoxy) is 2. The Bertz CT molecular complexity index is 645. The van der Waals surface area contributed by atoms with Gasteiger partial charge in [-0.05, 0) is 44.5 Å². The van der Waals surface area contributed by atoms with Crippen LogP contribution in [0.5, 0.6) is 11.5 Å². The Balaban J connectivity index is 1.81. The molecule has 1 heterocycles. The fourth-order valence-corrected chi connectivity index (χ4v) is 4.40. The van der Waals surface area contributed by atoms with Crippen molar-refractivity contribution in [3.8, 4) is 11.5 Å². The van der Waals surface area contributed by atoms with Gasteiger partial charge >= 0.3 is 6.03 Å². The molecule has 8 heteroatoms. The van der Waals surface area contributed by atoms with Gasteiger partial charge in [0.1, 0.15) is 11.5 Å². The first-order chi connectivity index (χ1) is 11.4.